The molecule has 0 bridgehead atoms. The number of aromatic amines is 1. The van der Waals surface area contributed by atoms with Crippen LogP contribution in [0.5, 0.6) is 0 Å². The average molecular weight is 417 g/mol. The van der Waals surface area contributed by atoms with Crippen molar-refractivity contribution in [2.45, 2.75) is 4.90 Å². The third kappa shape index (κ3) is 3.30. The molecule has 4 aromatic rings. The lowest BCUT2D eigenvalue weighted by molar-refractivity contribution is 0.521. The Morgan fingerprint density at radius 2 is 1.83 bits per heavy atom. The minimum atomic E-state index is -3.70. The Morgan fingerprint density at radius 3 is 2.60 bits per heavy atom. The van der Waals surface area contributed by atoms with Crippen LogP contribution in [0, 0.1) is 11.3 Å². The molecule has 7 nitrogen and oxygen atoms in total. The van der Waals surface area contributed by atoms with Gasteiger partial charge in [-0.15, -0.1) is 0 Å². The van der Waals surface area contributed by atoms with Gasteiger partial charge in [-0.2, -0.15) is 5.26 Å². The molecule has 2 N–H and O–H groups in total. The molecule has 0 radical (unpaired) electrons. The molecule has 0 aliphatic rings. The van der Waals surface area contributed by atoms with E-state index in [2.05, 4.69) is 21.4 Å². The van der Waals surface area contributed by atoms with E-state index in [-0.39, 0.29) is 4.90 Å². The number of fused-ring (bicyclic) bond motifs is 1. The number of pyridine rings is 1. The molecule has 0 atom stereocenters. The number of aromatic nitrogens is 2. The highest BCUT2D eigenvalue weighted by Gasteiger charge is 2.24. The lowest BCUT2D eigenvalue weighted by atomic mass is 10.0. The number of nitrogens with one attached hydrogen (secondary N) is 2. The Morgan fingerprint density at radius 1 is 1.03 bits per heavy atom. The second-order valence-electron chi connectivity index (χ2n) is 6.87. The lowest BCUT2D eigenvalue weighted by Gasteiger charge is -2.18. The number of sulfonamides is 1. The predicted molar refractivity (Wildman–Crippen MR) is 117 cm³/mol. The van der Waals surface area contributed by atoms with Crippen LogP contribution in [0.25, 0.3) is 22.0 Å². The number of H-pyrrole nitrogens is 1. The van der Waals surface area contributed by atoms with Crippen LogP contribution >= 0.6 is 0 Å². The van der Waals surface area contributed by atoms with Gasteiger partial charge >= 0.3 is 0 Å². The third-order valence-electron chi connectivity index (χ3n) is 4.86. The first-order valence-corrected chi connectivity index (χ1v) is 10.6. The zero-order valence-corrected chi connectivity index (χ0v) is 17.2. The summed E-state index contributed by atoms with van der Waals surface area (Å²) in [6, 6.07) is 16.6. The molecular weight excluding hydrogens is 398 g/mol. The number of hydrogen-bond acceptors (Lipinski definition) is 5. The summed E-state index contributed by atoms with van der Waals surface area (Å²) >= 11 is 0. The van der Waals surface area contributed by atoms with Crippen molar-refractivity contribution in [2.75, 3.05) is 19.4 Å². The molecule has 0 saturated carbocycles. The molecule has 0 aliphatic carbocycles. The van der Waals surface area contributed by atoms with Crippen molar-refractivity contribution >= 4 is 32.3 Å². The van der Waals surface area contributed by atoms with Gasteiger partial charge in [0.1, 0.15) is 6.07 Å². The summed E-state index contributed by atoms with van der Waals surface area (Å²) in [6.45, 7) is 0. The Bertz CT molecular complexity index is 1380. The van der Waals surface area contributed by atoms with Gasteiger partial charge in [0.15, 0.2) is 0 Å². The van der Waals surface area contributed by atoms with E-state index in [9.17, 15) is 13.7 Å². The van der Waals surface area contributed by atoms with E-state index in [0.29, 0.717) is 22.4 Å². The summed E-state index contributed by atoms with van der Waals surface area (Å²) in [5.41, 5.74) is 3.57. The van der Waals surface area contributed by atoms with Crippen LogP contribution in [0.15, 0.2) is 72.0 Å². The van der Waals surface area contributed by atoms with Crippen molar-refractivity contribution in [3.8, 4) is 17.2 Å². The maximum absolute atomic E-state index is 12.9. The molecular formula is C22H19N5O2S. The molecule has 0 amide bonds. The van der Waals surface area contributed by atoms with Crippen molar-refractivity contribution < 1.29 is 8.42 Å². The summed E-state index contributed by atoms with van der Waals surface area (Å²) in [6.07, 6.45) is 4.88. The van der Waals surface area contributed by atoms with E-state index < -0.39 is 10.0 Å². The highest BCUT2D eigenvalue weighted by molar-refractivity contribution is 7.89. The monoisotopic (exact) mass is 417 g/mol. The van der Waals surface area contributed by atoms with Gasteiger partial charge < -0.3 is 10.3 Å². The minimum absolute atomic E-state index is 0.148. The molecule has 2 heterocycles. The minimum Gasteiger partial charge on any atom is -0.361 e. The second-order valence-corrected chi connectivity index (χ2v) is 8.99. The molecule has 0 fully saturated rings. The van der Waals surface area contributed by atoms with Gasteiger partial charge in [0.2, 0.25) is 10.0 Å². The van der Waals surface area contributed by atoms with Gasteiger partial charge in [-0.3, -0.25) is 4.98 Å². The van der Waals surface area contributed by atoms with E-state index in [1.54, 1.807) is 30.5 Å². The number of nitriles is 1. The molecule has 0 spiro atoms. The van der Waals surface area contributed by atoms with Gasteiger partial charge in [-0.25, -0.2) is 12.7 Å². The SMILES string of the molecule is CN(C)S(=O)(=O)c1ccccc1-c1cncc(C#N)c1Nc1cccc2[nH]ccc12. The van der Waals surface area contributed by atoms with E-state index in [0.717, 1.165) is 16.6 Å². The summed E-state index contributed by atoms with van der Waals surface area (Å²) in [7, 11) is -0.725. The zero-order chi connectivity index (χ0) is 21.3. The van der Waals surface area contributed by atoms with E-state index >= 15 is 0 Å². The van der Waals surface area contributed by atoms with Gasteiger partial charge in [0, 0.05) is 60.4 Å². The maximum Gasteiger partial charge on any atom is 0.243 e. The van der Waals surface area contributed by atoms with Crippen LogP contribution in [0.3, 0.4) is 0 Å². The molecule has 8 heteroatoms. The number of benzene rings is 2. The van der Waals surface area contributed by atoms with Crippen molar-refractivity contribution in [3.63, 3.8) is 0 Å². The maximum atomic E-state index is 12.9. The Hall–Kier alpha value is -3.67. The van der Waals surface area contributed by atoms with Crippen LogP contribution in [0.2, 0.25) is 0 Å². The number of anilines is 2. The first kappa shape index (κ1) is 19.6. The van der Waals surface area contributed by atoms with Gasteiger partial charge in [-0.1, -0.05) is 24.3 Å². The molecule has 0 unspecified atom stereocenters. The highest BCUT2D eigenvalue weighted by Crippen LogP contribution is 2.37. The van der Waals surface area contributed by atoms with Gasteiger partial charge in [-0.05, 0) is 24.3 Å². The highest BCUT2D eigenvalue weighted by atomic mass is 32.2. The first-order valence-electron chi connectivity index (χ1n) is 9.16. The standard InChI is InChI=1S/C22H19N5O2S/c1-27(2)30(28,29)21-9-4-3-6-16(21)18-14-24-13-15(12-23)22(18)26-20-8-5-7-19-17(20)10-11-25-19/h3-11,13-14,25H,1-2H3,(H,24,26). The molecule has 150 valence electrons. The quantitative estimate of drug-likeness (QED) is 0.509. The van der Waals surface area contributed by atoms with E-state index in [1.165, 1.54) is 24.6 Å². The van der Waals surface area contributed by atoms with Crippen LogP contribution in [0.4, 0.5) is 11.4 Å². The summed E-state index contributed by atoms with van der Waals surface area (Å²) in [5, 5.41) is 14.0. The second kappa shape index (κ2) is 7.63. The molecule has 4 rings (SSSR count). The predicted octanol–water partition coefficient (Wildman–Crippen LogP) is 4.10. The first-order chi connectivity index (χ1) is 14.4. The average Bonchev–Trinajstić information content (AvgIpc) is 3.23. The van der Waals surface area contributed by atoms with Crippen molar-refractivity contribution in [1.82, 2.24) is 14.3 Å². The van der Waals surface area contributed by atoms with Crippen LogP contribution in [-0.4, -0.2) is 36.8 Å². The molecule has 0 aliphatic heterocycles. The summed E-state index contributed by atoms with van der Waals surface area (Å²) in [4.78, 5) is 7.49. The van der Waals surface area contributed by atoms with E-state index in [1.807, 2.05) is 30.5 Å². The number of rotatable bonds is 5. The smallest absolute Gasteiger partial charge is 0.243 e. The van der Waals surface area contributed by atoms with Crippen molar-refractivity contribution in [3.05, 3.63) is 72.7 Å². The molecule has 2 aromatic heterocycles. The third-order valence-corrected chi connectivity index (χ3v) is 6.73. The Kier molecular flexibility index (Phi) is 4.99. The Labute approximate surface area is 174 Å². The Balaban J connectivity index is 1.95. The largest absolute Gasteiger partial charge is 0.361 e. The van der Waals surface area contributed by atoms with Crippen LogP contribution in [0.1, 0.15) is 5.56 Å². The van der Waals surface area contributed by atoms with Gasteiger partial charge in [0.25, 0.3) is 0 Å². The fourth-order valence-corrected chi connectivity index (χ4v) is 4.42. The molecule has 30 heavy (non-hydrogen) atoms. The fourth-order valence-electron chi connectivity index (χ4n) is 3.32. The lowest BCUT2D eigenvalue weighted by Crippen LogP contribution is -2.22. The zero-order valence-electron chi connectivity index (χ0n) is 16.4. The fraction of sp³-hybridized carbons (Fsp3) is 0.0909. The summed E-state index contributed by atoms with van der Waals surface area (Å²) < 4.78 is 27.0. The number of hydrogen-bond donors (Lipinski definition) is 2. The topological polar surface area (TPSA) is 102 Å². The number of nitrogens with zero attached hydrogens (tertiary/aromatic N) is 3. The van der Waals surface area contributed by atoms with Crippen LogP contribution in [-0.2, 0) is 10.0 Å². The van der Waals surface area contributed by atoms with Gasteiger partial charge in [0.05, 0.1) is 16.1 Å². The molecule has 0 saturated heterocycles. The van der Waals surface area contributed by atoms with Crippen LogP contribution < -0.4 is 5.32 Å². The normalized spacial score (nSPS) is 11.5. The molecule has 2 aromatic carbocycles. The van der Waals surface area contributed by atoms with Crippen molar-refractivity contribution in [1.29, 1.82) is 5.26 Å². The summed E-state index contributed by atoms with van der Waals surface area (Å²) in [5.74, 6) is 0. The van der Waals surface area contributed by atoms with Crippen molar-refractivity contribution in [2.24, 2.45) is 0 Å². The van der Waals surface area contributed by atoms with E-state index in [4.69, 9.17) is 0 Å².